The molecule has 0 saturated heterocycles. The third-order valence-electron chi connectivity index (χ3n) is 16.2. The molecule has 14 atom stereocenters. The fraction of sp³-hybridized carbons (Fsp3) is 1.00. The predicted octanol–water partition coefficient (Wildman–Crippen LogP) is 7.18. The molecule has 5 aliphatic carbocycles. The van der Waals surface area contributed by atoms with Crippen molar-refractivity contribution >= 4 is 0 Å². The molecule has 5 aliphatic rings. The minimum atomic E-state index is -1.15. The zero-order chi connectivity index (χ0) is 29.5. The van der Waals surface area contributed by atoms with Crippen molar-refractivity contribution in [2.75, 3.05) is 6.54 Å². The Morgan fingerprint density at radius 2 is 1.25 bits per heavy atom. The first-order chi connectivity index (χ1) is 18.6. The molecule has 0 heterocycles. The Balaban J connectivity index is 1.33. The van der Waals surface area contributed by atoms with Gasteiger partial charge in [-0.2, -0.15) is 0 Å². The minimum Gasteiger partial charge on any atom is -0.390 e. The fourth-order valence-corrected chi connectivity index (χ4v) is 13.3. The van der Waals surface area contributed by atoms with E-state index >= 15 is 0 Å². The Labute approximate surface area is 246 Å². The summed E-state index contributed by atoms with van der Waals surface area (Å²) < 4.78 is 0. The van der Waals surface area contributed by atoms with E-state index in [2.05, 4.69) is 55.4 Å². The van der Waals surface area contributed by atoms with Crippen molar-refractivity contribution in [2.45, 2.75) is 151 Å². The van der Waals surface area contributed by atoms with Crippen LogP contribution in [0.5, 0.6) is 0 Å². The highest BCUT2D eigenvalue weighted by Gasteiger charge is 2.70. The molecule has 40 heavy (non-hydrogen) atoms. The van der Waals surface area contributed by atoms with Gasteiger partial charge in [0.2, 0.25) is 0 Å². The van der Waals surface area contributed by atoms with E-state index in [-0.39, 0.29) is 6.54 Å². The van der Waals surface area contributed by atoms with Crippen LogP contribution in [0, 0.1) is 68.5 Å². The zero-order valence-electron chi connectivity index (χ0n) is 27.4. The molecule has 4 heteroatoms. The lowest BCUT2D eigenvalue weighted by molar-refractivity contribution is -0.246. The Morgan fingerprint density at radius 1 is 0.675 bits per heavy atom. The van der Waals surface area contributed by atoms with E-state index in [4.69, 9.17) is 5.73 Å². The minimum absolute atomic E-state index is 0.0204. The van der Waals surface area contributed by atoms with Gasteiger partial charge in [0.15, 0.2) is 0 Å². The van der Waals surface area contributed by atoms with E-state index in [1.807, 2.05) is 0 Å². The van der Waals surface area contributed by atoms with Crippen molar-refractivity contribution in [3.05, 3.63) is 0 Å². The summed E-state index contributed by atoms with van der Waals surface area (Å²) in [5.41, 5.74) is 7.75. The third kappa shape index (κ3) is 4.34. The predicted molar refractivity (Wildman–Crippen MR) is 164 cm³/mol. The maximum Gasteiger partial charge on any atom is 0.107 e. The summed E-state index contributed by atoms with van der Waals surface area (Å²) in [6.45, 7) is 21.0. The monoisotopic (exact) mass is 559 g/mol. The second-order valence-electron chi connectivity index (χ2n) is 17.6. The van der Waals surface area contributed by atoms with Gasteiger partial charge in [0, 0.05) is 6.54 Å². The molecule has 8 unspecified atom stereocenters. The lowest BCUT2D eigenvalue weighted by atomic mass is 9.31. The largest absolute Gasteiger partial charge is 0.390 e. The van der Waals surface area contributed by atoms with Crippen LogP contribution >= 0.6 is 0 Å². The highest BCUT2D eigenvalue weighted by Crippen LogP contribution is 2.78. The molecule has 5 rings (SSSR count). The summed E-state index contributed by atoms with van der Waals surface area (Å²) in [6, 6.07) is 0. The topological polar surface area (TPSA) is 86.7 Å². The van der Waals surface area contributed by atoms with E-state index in [1.165, 1.54) is 64.2 Å². The quantitative estimate of drug-likeness (QED) is 0.266. The molecule has 5 saturated carbocycles. The van der Waals surface area contributed by atoms with Gasteiger partial charge in [0.25, 0.3) is 0 Å². The number of rotatable bonds is 7. The Hall–Kier alpha value is -0.160. The Bertz CT molecular complexity index is 922. The molecular formula is C36H65NO3. The molecule has 0 aromatic heterocycles. The number of nitrogens with two attached hydrogens (primary N) is 1. The Kier molecular flexibility index (Phi) is 8.19. The van der Waals surface area contributed by atoms with E-state index in [0.717, 1.165) is 36.0 Å². The van der Waals surface area contributed by atoms with Crippen LogP contribution in [-0.2, 0) is 0 Å². The summed E-state index contributed by atoms with van der Waals surface area (Å²) in [7, 11) is 0. The third-order valence-corrected chi connectivity index (χ3v) is 16.2. The van der Waals surface area contributed by atoms with E-state index < -0.39 is 18.3 Å². The summed E-state index contributed by atoms with van der Waals surface area (Å²) in [4.78, 5) is 0. The maximum absolute atomic E-state index is 10.5. The molecule has 4 nitrogen and oxygen atoms in total. The van der Waals surface area contributed by atoms with E-state index in [0.29, 0.717) is 45.3 Å². The van der Waals surface area contributed by atoms with Gasteiger partial charge in [-0.15, -0.1) is 0 Å². The SMILES string of the molecule is CC(CCC(O)C(O)C(O)CN)[C@H]1CC[C@@]2(C)C1CC[C@]1(C)C2CCC2[C@@]3(C)CC[C@H](C)C(C)(C)C3CC[C@]21C. The van der Waals surface area contributed by atoms with E-state index in [1.54, 1.807) is 0 Å². The second kappa shape index (κ2) is 10.5. The first kappa shape index (κ1) is 31.3. The van der Waals surface area contributed by atoms with Gasteiger partial charge < -0.3 is 21.1 Å². The molecule has 5 N–H and O–H groups in total. The molecule has 0 radical (unpaired) electrons. The molecule has 5 fully saturated rings. The number of hydrogen-bond acceptors (Lipinski definition) is 4. The standard InChI is InChI=1S/C36H65NO3/c1-22(9-10-26(38)31(40)27(39)21-37)24-14-18-33(5)25(24)15-19-35(7)29(33)11-12-30-34(6)17-13-23(2)32(3,4)28(34)16-20-36(30,35)8/h22-31,38-40H,9-21,37H2,1-8H3/t22?,23-,24+,25?,26?,27?,28?,29?,30?,31?,33-,34-,35+,36+/m0/s1. The van der Waals surface area contributed by atoms with Gasteiger partial charge in [-0.1, -0.05) is 55.4 Å². The molecule has 0 bridgehead atoms. The van der Waals surface area contributed by atoms with Gasteiger partial charge in [0.1, 0.15) is 6.10 Å². The molecular weight excluding hydrogens is 494 g/mol. The van der Waals surface area contributed by atoms with Crippen molar-refractivity contribution in [1.29, 1.82) is 0 Å². The van der Waals surface area contributed by atoms with Crippen molar-refractivity contribution in [2.24, 2.45) is 74.2 Å². The zero-order valence-corrected chi connectivity index (χ0v) is 27.4. The number of fused-ring (bicyclic) bond motifs is 7. The van der Waals surface area contributed by atoms with Crippen molar-refractivity contribution < 1.29 is 15.3 Å². The lowest BCUT2D eigenvalue weighted by Gasteiger charge is -2.73. The molecule has 232 valence electrons. The van der Waals surface area contributed by atoms with Crippen molar-refractivity contribution in [3.8, 4) is 0 Å². The number of aliphatic hydroxyl groups is 3. The Morgan fingerprint density at radius 3 is 1.88 bits per heavy atom. The van der Waals surface area contributed by atoms with Gasteiger partial charge in [-0.05, 0) is 146 Å². The summed E-state index contributed by atoms with van der Waals surface area (Å²) >= 11 is 0. The molecule has 0 aromatic rings. The highest BCUT2D eigenvalue weighted by atomic mass is 16.4. The fourth-order valence-electron chi connectivity index (χ4n) is 13.3. The molecule has 0 spiro atoms. The van der Waals surface area contributed by atoms with Crippen LogP contribution in [0.3, 0.4) is 0 Å². The highest BCUT2D eigenvalue weighted by molar-refractivity contribution is 5.19. The van der Waals surface area contributed by atoms with Crippen molar-refractivity contribution in [1.82, 2.24) is 0 Å². The average Bonchev–Trinajstić information content (AvgIpc) is 3.26. The van der Waals surface area contributed by atoms with Crippen LogP contribution in [0.15, 0.2) is 0 Å². The molecule has 0 amide bonds. The van der Waals surface area contributed by atoms with Gasteiger partial charge in [-0.3, -0.25) is 0 Å². The smallest absolute Gasteiger partial charge is 0.107 e. The van der Waals surface area contributed by atoms with E-state index in [9.17, 15) is 15.3 Å². The number of aliphatic hydroxyl groups excluding tert-OH is 3. The lowest BCUT2D eigenvalue weighted by Crippen LogP contribution is -2.66. The van der Waals surface area contributed by atoms with Crippen LogP contribution in [0.1, 0.15) is 132 Å². The van der Waals surface area contributed by atoms with Crippen LogP contribution in [-0.4, -0.2) is 40.2 Å². The first-order valence-electron chi connectivity index (χ1n) is 17.3. The van der Waals surface area contributed by atoms with Crippen molar-refractivity contribution in [3.63, 3.8) is 0 Å². The van der Waals surface area contributed by atoms with Crippen LogP contribution in [0.2, 0.25) is 0 Å². The van der Waals surface area contributed by atoms with Gasteiger partial charge in [0.05, 0.1) is 12.2 Å². The normalized spacial score (nSPS) is 51.0. The summed E-state index contributed by atoms with van der Waals surface area (Å²) in [5.74, 6) is 5.39. The average molecular weight is 560 g/mol. The van der Waals surface area contributed by atoms with Crippen LogP contribution in [0.25, 0.3) is 0 Å². The van der Waals surface area contributed by atoms with Crippen LogP contribution in [0.4, 0.5) is 0 Å². The second-order valence-corrected chi connectivity index (χ2v) is 17.6. The number of hydrogen-bond donors (Lipinski definition) is 4. The summed E-state index contributed by atoms with van der Waals surface area (Å²) in [6.07, 6.45) is 12.3. The summed E-state index contributed by atoms with van der Waals surface area (Å²) in [5, 5.41) is 30.6. The van der Waals surface area contributed by atoms with Crippen LogP contribution < -0.4 is 5.73 Å². The molecule has 0 aliphatic heterocycles. The van der Waals surface area contributed by atoms with Gasteiger partial charge >= 0.3 is 0 Å². The first-order valence-corrected chi connectivity index (χ1v) is 17.3. The maximum atomic E-state index is 10.5. The molecule has 0 aromatic carbocycles. The van der Waals surface area contributed by atoms with Gasteiger partial charge in [-0.25, -0.2) is 0 Å².